The number of anilines is 1. The number of methoxy groups -OCH3 is 3. The first-order valence-corrected chi connectivity index (χ1v) is 10.7. The number of likely N-dealkylation sites (tertiary alicyclic amines) is 1. The molecule has 0 saturated carbocycles. The monoisotopic (exact) mass is 468 g/mol. The largest absolute Gasteiger partial charge is 0.493 e. The second kappa shape index (κ2) is 9.86. The summed E-state index contributed by atoms with van der Waals surface area (Å²) in [5.74, 6) is 2.51. The first-order valence-electron chi connectivity index (χ1n) is 10.7. The van der Waals surface area contributed by atoms with E-state index >= 15 is 0 Å². The highest BCUT2D eigenvalue weighted by Crippen LogP contribution is 2.40. The van der Waals surface area contributed by atoms with Crippen molar-refractivity contribution >= 4 is 11.7 Å². The minimum absolute atomic E-state index is 0.148. The second-order valence-corrected chi connectivity index (χ2v) is 7.97. The van der Waals surface area contributed by atoms with Gasteiger partial charge in [-0.3, -0.25) is 14.9 Å². The number of H-pyrrole nitrogens is 1. The maximum atomic E-state index is 13.1. The van der Waals surface area contributed by atoms with Crippen molar-refractivity contribution in [1.29, 1.82) is 0 Å². The Bertz CT molecular complexity index is 1140. The van der Waals surface area contributed by atoms with Crippen molar-refractivity contribution in [3.05, 3.63) is 36.3 Å². The van der Waals surface area contributed by atoms with Crippen LogP contribution in [0.2, 0.25) is 0 Å². The van der Waals surface area contributed by atoms with Crippen LogP contribution in [0, 0.1) is 0 Å². The van der Waals surface area contributed by atoms with Crippen molar-refractivity contribution in [3.63, 3.8) is 0 Å². The van der Waals surface area contributed by atoms with Crippen molar-refractivity contribution in [3.8, 4) is 34.4 Å². The molecule has 180 valence electrons. The van der Waals surface area contributed by atoms with E-state index in [4.69, 9.17) is 18.9 Å². The standard InChI is InChI=1S/C23H28N6O5/c1-28(2)20-11-24-12-21(25-20)34-15-6-7-29(13-15)23(30)17-10-16(26-27-17)14-8-18(31-3)22(33-5)19(9-14)32-4/h8-12,15H,6-7,13H2,1-5H3,(H,26,27). The fourth-order valence-corrected chi connectivity index (χ4v) is 3.77. The summed E-state index contributed by atoms with van der Waals surface area (Å²) in [4.78, 5) is 25.3. The third-order valence-electron chi connectivity index (χ3n) is 5.55. The fourth-order valence-electron chi connectivity index (χ4n) is 3.77. The van der Waals surface area contributed by atoms with Gasteiger partial charge in [0, 0.05) is 32.6 Å². The Labute approximate surface area is 197 Å². The molecular weight excluding hydrogens is 440 g/mol. The molecule has 1 fully saturated rings. The highest BCUT2D eigenvalue weighted by molar-refractivity contribution is 5.93. The predicted molar refractivity (Wildman–Crippen MR) is 125 cm³/mol. The van der Waals surface area contributed by atoms with Gasteiger partial charge >= 0.3 is 0 Å². The van der Waals surface area contributed by atoms with E-state index in [1.807, 2.05) is 19.0 Å². The normalized spacial score (nSPS) is 15.2. The van der Waals surface area contributed by atoms with Crippen molar-refractivity contribution in [2.45, 2.75) is 12.5 Å². The summed E-state index contributed by atoms with van der Waals surface area (Å²) in [5, 5.41) is 7.17. The molecule has 4 rings (SSSR count). The third kappa shape index (κ3) is 4.68. The number of hydrogen-bond donors (Lipinski definition) is 1. The highest BCUT2D eigenvalue weighted by Gasteiger charge is 2.30. The summed E-state index contributed by atoms with van der Waals surface area (Å²) in [5.41, 5.74) is 1.70. The Morgan fingerprint density at radius 2 is 1.82 bits per heavy atom. The molecule has 1 aromatic carbocycles. The SMILES string of the molecule is COc1cc(-c2cc(C(=O)N3CCC(Oc4cncc(N(C)C)n4)C3)[nH]n2)cc(OC)c1OC. The zero-order valence-corrected chi connectivity index (χ0v) is 19.9. The Balaban J connectivity index is 1.45. The summed E-state index contributed by atoms with van der Waals surface area (Å²) in [7, 11) is 8.43. The van der Waals surface area contributed by atoms with Gasteiger partial charge in [0.25, 0.3) is 5.91 Å². The molecule has 34 heavy (non-hydrogen) atoms. The minimum Gasteiger partial charge on any atom is -0.493 e. The molecule has 1 aliphatic heterocycles. The first-order chi connectivity index (χ1) is 16.4. The topological polar surface area (TPSA) is 115 Å². The lowest BCUT2D eigenvalue weighted by Gasteiger charge is -2.17. The lowest BCUT2D eigenvalue weighted by atomic mass is 10.1. The molecule has 1 unspecified atom stereocenters. The van der Waals surface area contributed by atoms with Gasteiger partial charge in [0.15, 0.2) is 17.3 Å². The molecule has 1 saturated heterocycles. The summed E-state index contributed by atoms with van der Waals surface area (Å²) in [6.45, 7) is 1.02. The number of carbonyl (C=O) groups is 1. The van der Waals surface area contributed by atoms with Crippen LogP contribution in [0.25, 0.3) is 11.3 Å². The third-order valence-corrected chi connectivity index (χ3v) is 5.55. The first kappa shape index (κ1) is 23.1. The summed E-state index contributed by atoms with van der Waals surface area (Å²) in [6.07, 6.45) is 3.79. The lowest BCUT2D eigenvalue weighted by Crippen LogP contribution is -2.31. The number of nitrogens with zero attached hydrogens (tertiary/aromatic N) is 5. The van der Waals surface area contributed by atoms with Crippen LogP contribution in [-0.4, -0.2) is 85.6 Å². The van der Waals surface area contributed by atoms with E-state index in [-0.39, 0.29) is 12.0 Å². The Morgan fingerprint density at radius 1 is 1.09 bits per heavy atom. The zero-order valence-electron chi connectivity index (χ0n) is 19.9. The van der Waals surface area contributed by atoms with Gasteiger partial charge in [-0.2, -0.15) is 10.1 Å². The van der Waals surface area contributed by atoms with E-state index in [0.29, 0.717) is 59.8 Å². The summed E-state index contributed by atoms with van der Waals surface area (Å²) in [6, 6.07) is 5.28. The average Bonchev–Trinajstić information content (AvgIpc) is 3.53. The zero-order chi connectivity index (χ0) is 24.2. The number of benzene rings is 1. The molecule has 0 radical (unpaired) electrons. The Hall–Kier alpha value is -4.02. The van der Waals surface area contributed by atoms with Crippen LogP contribution < -0.4 is 23.8 Å². The molecule has 0 spiro atoms. The van der Waals surface area contributed by atoms with E-state index in [1.165, 1.54) is 0 Å². The number of aromatic amines is 1. The highest BCUT2D eigenvalue weighted by atomic mass is 16.5. The van der Waals surface area contributed by atoms with Crippen LogP contribution in [0.3, 0.4) is 0 Å². The van der Waals surface area contributed by atoms with Gasteiger partial charge in [0.2, 0.25) is 11.6 Å². The van der Waals surface area contributed by atoms with Gasteiger partial charge in [-0.15, -0.1) is 0 Å². The molecule has 2 aromatic heterocycles. The Kier molecular flexibility index (Phi) is 6.71. The maximum absolute atomic E-state index is 13.1. The van der Waals surface area contributed by atoms with Gasteiger partial charge in [-0.05, 0) is 18.2 Å². The molecule has 0 aliphatic carbocycles. The molecule has 1 atom stereocenters. The van der Waals surface area contributed by atoms with Crippen molar-refractivity contribution in [2.24, 2.45) is 0 Å². The number of amides is 1. The molecule has 0 bridgehead atoms. The lowest BCUT2D eigenvalue weighted by molar-refractivity contribution is 0.0765. The molecule has 11 heteroatoms. The van der Waals surface area contributed by atoms with Crippen LogP contribution >= 0.6 is 0 Å². The molecule has 1 N–H and O–H groups in total. The van der Waals surface area contributed by atoms with E-state index in [2.05, 4.69) is 20.2 Å². The van der Waals surface area contributed by atoms with Crippen LogP contribution in [0.1, 0.15) is 16.9 Å². The molecule has 1 amide bonds. The van der Waals surface area contributed by atoms with Crippen LogP contribution in [0.15, 0.2) is 30.6 Å². The predicted octanol–water partition coefficient (Wildman–Crippen LogP) is 2.25. The summed E-state index contributed by atoms with van der Waals surface area (Å²) >= 11 is 0. The molecule has 1 aliphatic rings. The molecule has 3 aromatic rings. The van der Waals surface area contributed by atoms with Gasteiger partial charge in [0.1, 0.15) is 11.8 Å². The smallest absolute Gasteiger partial charge is 0.272 e. The second-order valence-electron chi connectivity index (χ2n) is 7.97. The van der Waals surface area contributed by atoms with E-state index in [1.54, 1.807) is 56.8 Å². The average molecular weight is 469 g/mol. The number of hydrogen-bond acceptors (Lipinski definition) is 9. The number of nitrogens with one attached hydrogen (secondary N) is 1. The number of rotatable bonds is 8. The molecule has 3 heterocycles. The molecule has 11 nitrogen and oxygen atoms in total. The minimum atomic E-state index is -0.159. The number of carbonyl (C=O) groups excluding carboxylic acids is 1. The number of aromatic nitrogens is 4. The molecular formula is C23H28N6O5. The maximum Gasteiger partial charge on any atom is 0.272 e. The van der Waals surface area contributed by atoms with E-state index in [0.717, 1.165) is 5.56 Å². The van der Waals surface area contributed by atoms with E-state index in [9.17, 15) is 4.79 Å². The quantitative estimate of drug-likeness (QED) is 0.531. The van der Waals surface area contributed by atoms with Crippen LogP contribution in [0.4, 0.5) is 5.82 Å². The van der Waals surface area contributed by atoms with Crippen molar-refractivity contribution in [1.82, 2.24) is 25.1 Å². The van der Waals surface area contributed by atoms with Crippen molar-refractivity contribution < 1.29 is 23.7 Å². The van der Waals surface area contributed by atoms with Crippen LogP contribution in [-0.2, 0) is 0 Å². The summed E-state index contributed by atoms with van der Waals surface area (Å²) < 4.78 is 22.2. The van der Waals surface area contributed by atoms with E-state index < -0.39 is 0 Å². The van der Waals surface area contributed by atoms with Crippen molar-refractivity contribution in [2.75, 3.05) is 53.4 Å². The van der Waals surface area contributed by atoms with Gasteiger partial charge < -0.3 is 28.7 Å². The van der Waals surface area contributed by atoms with Crippen LogP contribution in [0.5, 0.6) is 23.1 Å². The van der Waals surface area contributed by atoms with Gasteiger partial charge in [0.05, 0.1) is 46.0 Å². The fraction of sp³-hybridized carbons (Fsp3) is 0.391. The van der Waals surface area contributed by atoms with Gasteiger partial charge in [-0.25, -0.2) is 0 Å². The Morgan fingerprint density at radius 3 is 2.47 bits per heavy atom. The van der Waals surface area contributed by atoms with Gasteiger partial charge in [-0.1, -0.05) is 0 Å². The number of ether oxygens (including phenoxy) is 4.